The maximum Gasteiger partial charge on any atom is 0.257 e. The van der Waals surface area contributed by atoms with E-state index in [9.17, 15) is 4.79 Å². The fourth-order valence-corrected chi connectivity index (χ4v) is 3.90. The zero-order chi connectivity index (χ0) is 18.1. The zero-order valence-corrected chi connectivity index (χ0v) is 15.7. The van der Waals surface area contributed by atoms with Crippen LogP contribution < -0.4 is 0 Å². The van der Waals surface area contributed by atoms with Crippen LogP contribution in [0.25, 0.3) is 10.8 Å². The number of hydrogen-bond donors (Lipinski definition) is 0. The molecule has 0 saturated carbocycles. The SMILES string of the molecule is Cc1cc(C(=O)N2CCN(Cc3coc(-c4cccs4)n3)CC2)c(C)o1. The molecular formula is C19H21N3O3S. The van der Waals surface area contributed by atoms with Gasteiger partial charge in [-0.2, -0.15) is 0 Å². The van der Waals surface area contributed by atoms with E-state index >= 15 is 0 Å². The van der Waals surface area contributed by atoms with Crippen molar-refractivity contribution < 1.29 is 13.6 Å². The molecule has 4 rings (SSSR count). The molecule has 0 aromatic carbocycles. The summed E-state index contributed by atoms with van der Waals surface area (Å²) in [6, 6.07) is 5.82. The van der Waals surface area contributed by atoms with Gasteiger partial charge in [0.1, 0.15) is 17.8 Å². The number of rotatable bonds is 4. The first-order valence-corrected chi connectivity index (χ1v) is 9.55. The van der Waals surface area contributed by atoms with Crippen molar-refractivity contribution in [2.75, 3.05) is 26.2 Å². The monoisotopic (exact) mass is 371 g/mol. The van der Waals surface area contributed by atoms with Gasteiger partial charge in [0.15, 0.2) is 0 Å². The lowest BCUT2D eigenvalue weighted by atomic mass is 10.2. The summed E-state index contributed by atoms with van der Waals surface area (Å²) < 4.78 is 11.1. The van der Waals surface area contributed by atoms with Crippen molar-refractivity contribution in [3.63, 3.8) is 0 Å². The van der Waals surface area contributed by atoms with Gasteiger partial charge in [-0.3, -0.25) is 9.69 Å². The second kappa shape index (κ2) is 7.09. The van der Waals surface area contributed by atoms with Crippen molar-refractivity contribution in [2.45, 2.75) is 20.4 Å². The summed E-state index contributed by atoms with van der Waals surface area (Å²) in [5.41, 5.74) is 1.60. The highest BCUT2D eigenvalue weighted by atomic mass is 32.1. The summed E-state index contributed by atoms with van der Waals surface area (Å²) in [5, 5.41) is 2.01. The van der Waals surface area contributed by atoms with E-state index < -0.39 is 0 Å². The fourth-order valence-electron chi connectivity index (χ4n) is 3.24. The maximum absolute atomic E-state index is 12.7. The average molecular weight is 371 g/mol. The number of nitrogens with zero attached hydrogens (tertiary/aromatic N) is 3. The van der Waals surface area contributed by atoms with Gasteiger partial charge in [0, 0.05) is 32.7 Å². The summed E-state index contributed by atoms with van der Waals surface area (Å²) in [4.78, 5) is 22.5. The van der Waals surface area contributed by atoms with Crippen LogP contribution in [0, 0.1) is 13.8 Å². The van der Waals surface area contributed by atoms with Crippen LogP contribution >= 0.6 is 11.3 Å². The molecular weight excluding hydrogens is 350 g/mol. The normalized spacial score (nSPS) is 15.5. The third-order valence-electron chi connectivity index (χ3n) is 4.60. The minimum atomic E-state index is 0.0559. The fraction of sp³-hybridized carbons (Fsp3) is 0.368. The Morgan fingerprint density at radius 2 is 2.08 bits per heavy atom. The van der Waals surface area contributed by atoms with Crippen LogP contribution in [0.3, 0.4) is 0 Å². The Bertz CT molecular complexity index is 889. The molecule has 0 unspecified atom stereocenters. The molecule has 1 aliphatic heterocycles. The number of carbonyl (C=O) groups is 1. The van der Waals surface area contributed by atoms with E-state index in [1.165, 1.54) is 0 Å². The smallest absolute Gasteiger partial charge is 0.257 e. The first-order chi connectivity index (χ1) is 12.6. The van der Waals surface area contributed by atoms with Crippen LogP contribution in [-0.2, 0) is 6.54 Å². The lowest BCUT2D eigenvalue weighted by molar-refractivity contribution is 0.0625. The molecule has 136 valence electrons. The van der Waals surface area contributed by atoms with E-state index in [0.29, 0.717) is 30.3 Å². The van der Waals surface area contributed by atoms with Crippen LogP contribution in [-0.4, -0.2) is 46.9 Å². The van der Waals surface area contributed by atoms with Gasteiger partial charge in [0.2, 0.25) is 5.89 Å². The number of carbonyl (C=O) groups excluding carboxylic acids is 1. The lowest BCUT2D eigenvalue weighted by Gasteiger charge is -2.34. The van der Waals surface area contributed by atoms with E-state index in [-0.39, 0.29) is 5.91 Å². The van der Waals surface area contributed by atoms with Gasteiger partial charge < -0.3 is 13.7 Å². The van der Waals surface area contributed by atoms with Crippen LogP contribution in [0.15, 0.2) is 38.7 Å². The molecule has 0 aliphatic carbocycles. The van der Waals surface area contributed by atoms with Crippen molar-refractivity contribution in [2.24, 2.45) is 0 Å². The first-order valence-electron chi connectivity index (χ1n) is 8.67. The van der Waals surface area contributed by atoms with Gasteiger partial charge in [-0.05, 0) is 31.4 Å². The Kier molecular flexibility index (Phi) is 4.65. The number of thiophene rings is 1. The number of piperazine rings is 1. The van der Waals surface area contributed by atoms with E-state index in [1.807, 2.05) is 42.3 Å². The van der Waals surface area contributed by atoms with Crippen molar-refractivity contribution in [1.29, 1.82) is 0 Å². The summed E-state index contributed by atoms with van der Waals surface area (Å²) >= 11 is 1.62. The molecule has 0 spiro atoms. The second-order valence-electron chi connectivity index (χ2n) is 6.52. The zero-order valence-electron chi connectivity index (χ0n) is 14.9. The number of amides is 1. The molecule has 1 aliphatic rings. The molecule has 3 aromatic rings. The number of oxazole rings is 1. The predicted octanol–water partition coefficient (Wildman–Crippen LogP) is 3.57. The van der Waals surface area contributed by atoms with Gasteiger partial charge in [0.05, 0.1) is 16.1 Å². The van der Waals surface area contributed by atoms with Crippen LogP contribution in [0.1, 0.15) is 27.6 Å². The second-order valence-corrected chi connectivity index (χ2v) is 7.46. The molecule has 0 N–H and O–H groups in total. The largest absolute Gasteiger partial charge is 0.466 e. The molecule has 1 saturated heterocycles. The van der Waals surface area contributed by atoms with E-state index in [1.54, 1.807) is 17.6 Å². The van der Waals surface area contributed by atoms with E-state index in [4.69, 9.17) is 8.83 Å². The van der Waals surface area contributed by atoms with Crippen molar-refractivity contribution >= 4 is 17.2 Å². The number of furan rings is 1. The predicted molar refractivity (Wildman–Crippen MR) is 99.2 cm³/mol. The number of aromatic nitrogens is 1. The van der Waals surface area contributed by atoms with Gasteiger partial charge in [0.25, 0.3) is 5.91 Å². The highest BCUT2D eigenvalue weighted by molar-refractivity contribution is 7.13. The van der Waals surface area contributed by atoms with Gasteiger partial charge in [-0.1, -0.05) is 6.07 Å². The maximum atomic E-state index is 12.7. The summed E-state index contributed by atoms with van der Waals surface area (Å²) in [7, 11) is 0. The van der Waals surface area contributed by atoms with Crippen molar-refractivity contribution in [1.82, 2.24) is 14.8 Å². The van der Waals surface area contributed by atoms with Crippen molar-refractivity contribution in [3.8, 4) is 10.8 Å². The Morgan fingerprint density at radius 3 is 2.73 bits per heavy atom. The standard InChI is InChI=1S/C19H21N3O3S/c1-13-10-16(14(2)25-13)19(23)22-7-5-21(6-8-22)11-15-12-24-18(20-15)17-4-3-9-26-17/h3-4,9-10,12H,5-8,11H2,1-2H3. The highest BCUT2D eigenvalue weighted by Crippen LogP contribution is 2.24. The Morgan fingerprint density at radius 1 is 1.27 bits per heavy atom. The molecule has 0 bridgehead atoms. The molecule has 4 heterocycles. The van der Waals surface area contributed by atoms with Crippen LogP contribution in [0.2, 0.25) is 0 Å². The summed E-state index contributed by atoms with van der Waals surface area (Å²) in [6.07, 6.45) is 1.73. The number of hydrogen-bond acceptors (Lipinski definition) is 6. The molecule has 7 heteroatoms. The average Bonchev–Trinajstić information content (AvgIpc) is 3.36. The van der Waals surface area contributed by atoms with Gasteiger partial charge >= 0.3 is 0 Å². The highest BCUT2D eigenvalue weighted by Gasteiger charge is 2.25. The van der Waals surface area contributed by atoms with E-state index in [0.717, 1.165) is 36.0 Å². The molecule has 6 nitrogen and oxygen atoms in total. The van der Waals surface area contributed by atoms with Crippen LogP contribution in [0.5, 0.6) is 0 Å². The number of aryl methyl sites for hydroxylation is 2. The van der Waals surface area contributed by atoms with Crippen LogP contribution in [0.4, 0.5) is 0 Å². The lowest BCUT2D eigenvalue weighted by Crippen LogP contribution is -2.48. The minimum Gasteiger partial charge on any atom is -0.466 e. The third-order valence-corrected chi connectivity index (χ3v) is 5.46. The quantitative estimate of drug-likeness (QED) is 0.702. The molecule has 3 aromatic heterocycles. The molecule has 0 atom stereocenters. The Balaban J connectivity index is 1.34. The van der Waals surface area contributed by atoms with Gasteiger partial charge in [-0.25, -0.2) is 4.98 Å². The van der Waals surface area contributed by atoms with Crippen molar-refractivity contribution in [3.05, 3.63) is 52.6 Å². The topological polar surface area (TPSA) is 62.7 Å². The minimum absolute atomic E-state index is 0.0559. The summed E-state index contributed by atoms with van der Waals surface area (Å²) in [5.74, 6) is 2.20. The Labute approximate surface area is 156 Å². The third kappa shape index (κ3) is 3.45. The molecule has 1 fully saturated rings. The molecule has 0 radical (unpaired) electrons. The Hall–Kier alpha value is -2.38. The summed E-state index contributed by atoms with van der Waals surface area (Å²) in [6.45, 7) is 7.50. The molecule has 26 heavy (non-hydrogen) atoms. The molecule has 1 amide bonds. The van der Waals surface area contributed by atoms with Gasteiger partial charge in [-0.15, -0.1) is 11.3 Å². The van der Waals surface area contributed by atoms with E-state index in [2.05, 4.69) is 9.88 Å². The first kappa shape index (κ1) is 17.1.